The maximum absolute atomic E-state index is 10.6. The molecule has 6 heteroatoms. The van der Waals surface area contributed by atoms with Crippen LogP contribution >= 0.6 is 27.3 Å². The molecule has 100 valence electrons. The topological polar surface area (TPSA) is 55.2 Å². The summed E-state index contributed by atoms with van der Waals surface area (Å²) in [5.41, 5.74) is 1.17. The zero-order valence-electron chi connectivity index (χ0n) is 10.3. The number of halogens is 1. The van der Waals surface area contributed by atoms with Crippen LogP contribution in [-0.4, -0.2) is 4.92 Å². The first-order valence-corrected chi connectivity index (χ1v) is 7.40. The SMILES string of the molecule is C[C@@H](NCc1ccc([N+](=O)[O-])s1)c1ccccc1Br. The summed E-state index contributed by atoms with van der Waals surface area (Å²) >= 11 is 4.73. The van der Waals surface area contributed by atoms with Gasteiger partial charge in [-0.3, -0.25) is 10.1 Å². The van der Waals surface area contributed by atoms with Crippen molar-refractivity contribution in [1.82, 2.24) is 5.32 Å². The predicted molar refractivity (Wildman–Crippen MR) is 80.4 cm³/mol. The summed E-state index contributed by atoms with van der Waals surface area (Å²) in [6, 6.07) is 11.5. The van der Waals surface area contributed by atoms with Crippen molar-refractivity contribution in [3.8, 4) is 0 Å². The van der Waals surface area contributed by atoms with E-state index in [0.717, 1.165) is 9.35 Å². The third-order valence-corrected chi connectivity index (χ3v) is 4.54. The van der Waals surface area contributed by atoms with Gasteiger partial charge in [-0.05, 0) is 24.6 Å². The molecule has 0 aliphatic carbocycles. The molecule has 0 unspecified atom stereocenters. The highest BCUT2D eigenvalue weighted by Gasteiger charge is 2.12. The Morgan fingerprint density at radius 1 is 1.37 bits per heavy atom. The normalized spacial score (nSPS) is 12.3. The first kappa shape index (κ1) is 14.2. The van der Waals surface area contributed by atoms with E-state index >= 15 is 0 Å². The second kappa shape index (κ2) is 6.27. The molecule has 1 aromatic heterocycles. The quantitative estimate of drug-likeness (QED) is 0.653. The number of hydrogen-bond donors (Lipinski definition) is 1. The van der Waals surface area contributed by atoms with Gasteiger partial charge in [0.2, 0.25) is 0 Å². The number of thiophene rings is 1. The summed E-state index contributed by atoms with van der Waals surface area (Å²) in [6.07, 6.45) is 0. The molecule has 19 heavy (non-hydrogen) atoms. The van der Waals surface area contributed by atoms with Gasteiger partial charge in [-0.25, -0.2) is 0 Å². The van der Waals surface area contributed by atoms with E-state index in [4.69, 9.17) is 0 Å². The summed E-state index contributed by atoms with van der Waals surface area (Å²) < 4.78 is 1.06. The molecule has 2 aromatic rings. The minimum absolute atomic E-state index is 0.178. The lowest BCUT2D eigenvalue weighted by Gasteiger charge is -2.15. The summed E-state index contributed by atoms with van der Waals surface area (Å²) in [5, 5.41) is 14.2. The molecule has 1 heterocycles. The van der Waals surface area contributed by atoms with Crippen molar-refractivity contribution in [2.75, 3.05) is 0 Å². The highest BCUT2D eigenvalue weighted by molar-refractivity contribution is 9.10. The molecule has 0 radical (unpaired) electrons. The Morgan fingerprint density at radius 2 is 2.11 bits per heavy atom. The Bertz CT molecular complexity index is 586. The average Bonchev–Trinajstić information content (AvgIpc) is 2.85. The van der Waals surface area contributed by atoms with Crippen molar-refractivity contribution in [2.24, 2.45) is 0 Å². The van der Waals surface area contributed by atoms with Crippen molar-refractivity contribution in [3.63, 3.8) is 0 Å². The van der Waals surface area contributed by atoms with Gasteiger partial charge in [0.15, 0.2) is 0 Å². The summed E-state index contributed by atoms with van der Waals surface area (Å²) in [6.45, 7) is 2.70. The molecule has 0 saturated heterocycles. The first-order chi connectivity index (χ1) is 9.08. The number of nitrogens with one attached hydrogen (secondary N) is 1. The predicted octanol–water partition coefficient (Wildman–Crippen LogP) is 4.27. The number of nitrogens with zero attached hydrogens (tertiary/aromatic N) is 1. The molecule has 1 N–H and O–H groups in total. The fourth-order valence-corrected chi connectivity index (χ4v) is 3.15. The Kier molecular flexibility index (Phi) is 4.68. The van der Waals surface area contributed by atoms with Crippen LogP contribution in [0.1, 0.15) is 23.4 Å². The van der Waals surface area contributed by atoms with Crippen LogP contribution in [-0.2, 0) is 6.54 Å². The molecule has 1 atom stereocenters. The van der Waals surface area contributed by atoms with Crippen molar-refractivity contribution >= 4 is 32.3 Å². The Hall–Kier alpha value is -1.24. The van der Waals surface area contributed by atoms with Crippen molar-refractivity contribution in [3.05, 3.63) is 61.4 Å². The van der Waals surface area contributed by atoms with Crippen molar-refractivity contribution < 1.29 is 4.92 Å². The Morgan fingerprint density at radius 3 is 2.74 bits per heavy atom. The number of hydrogen-bond acceptors (Lipinski definition) is 4. The molecular formula is C13H13BrN2O2S. The lowest BCUT2D eigenvalue weighted by atomic mass is 10.1. The van der Waals surface area contributed by atoms with E-state index in [1.807, 2.05) is 18.2 Å². The van der Waals surface area contributed by atoms with E-state index in [-0.39, 0.29) is 16.0 Å². The van der Waals surface area contributed by atoms with Gasteiger partial charge in [0.25, 0.3) is 0 Å². The molecule has 1 aromatic carbocycles. The maximum atomic E-state index is 10.6. The molecule has 2 rings (SSSR count). The van der Waals surface area contributed by atoms with E-state index in [9.17, 15) is 10.1 Å². The molecular weight excluding hydrogens is 328 g/mol. The van der Waals surface area contributed by atoms with Gasteiger partial charge in [-0.2, -0.15) is 0 Å². The fourth-order valence-electron chi connectivity index (χ4n) is 1.75. The molecule has 4 nitrogen and oxygen atoms in total. The number of nitro groups is 1. The smallest absolute Gasteiger partial charge is 0.305 e. The van der Waals surface area contributed by atoms with Crippen LogP contribution in [0.15, 0.2) is 40.9 Å². The van der Waals surface area contributed by atoms with Crippen LogP contribution in [0.5, 0.6) is 0 Å². The van der Waals surface area contributed by atoms with Crippen LogP contribution in [0.2, 0.25) is 0 Å². The first-order valence-electron chi connectivity index (χ1n) is 5.79. The van der Waals surface area contributed by atoms with Crippen LogP contribution in [0, 0.1) is 10.1 Å². The lowest BCUT2D eigenvalue weighted by molar-refractivity contribution is -0.380. The van der Waals surface area contributed by atoms with E-state index in [0.29, 0.717) is 6.54 Å². The monoisotopic (exact) mass is 340 g/mol. The largest absolute Gasteiger partial charge is 0.324 e. The van der Waals surface area contributed by atoms with Gasteiger partial charge in [0.1, 0.15) is 0 Å². The van der Waals surface area contributed by atoms with Crippen LogP contribution < -0.4 is 5.32 Å². The molecule has 0 bridgehead atoms. The molecule has 0 saturated carbocycles. The lowest BCUT2D eigenvalue weighted by Crippen LogP contribution is -2.17. The van der Waals surface area contributed by atoms with Crippen molar-refractivity contribution in [2.45, 2.75) is 19.5 Å². The van der Waals surface area contributed by atoms with Crippen LogP contribution in [0.3, 0.4) is 0 Å². The standard InChI is InChI=1S/C13H13BrN2O2S/c1-9(11-4-2-3-5-12(11)14)15-8-10-6-7-13(19-10)16(17)18/h2-7,9,15H,8H2,1H3/t9-/m1/s1. The molecule has 0 aliphatic heterocycles. The van der Waals surface area contributed by atoms with Crippen LogP contribution in [0.25, 0.3) is 0 Å². The van der Waals surface area contributed by atoms with Gasteiger partial charge in [0.05, 0.1) is 4.92 Å². The summed E-state index contributed by atoms with van der Waals surface area (Å²) in [4.78, 5) is 11.2. The van der Waals surface area contributed by atoms with Gasteiger partial charge >= 0.3 is 5.00 Å². The average molecular weight is 341 g/mol. The second-order valence-corrected chi connectivity index (χ2v) is 6.12. The third kappa shape index (κ3) is 3.62. The number of benzene rings is 1. The van der Waals surface area contributed by atoms with Gasteiger partial charge in [0, 0.05) is 28.0 Å². The van der Waals surface area contributed by atoms with Crippen LogP contribution in [0.4, 0.5) is 5.00 Å². The minimum Gasteiger partial charge on any atom is -0.305 e. The highest BCUT2D eigenvalue weighted by Crippen LogP contribution is 2.26. The Labute approximate surface area is 123 Å². The maximum Gasteiger partial charge on any atom is 0.324 e. The third-order valence-electron chi connectivity index (χ3n) is 2.78. The second-order valence-electron chi connectivity index (χ2n) is 4.12. The Balaban J connectivity index is 1.98. The van der Waals surface area contributed by atoms with E-state index in [1.165, 1.54) is 16.9 Å². The minimum atomic E-state index is -0.356. The zero-order chi connectivity index (χ0) is 13.8. The van der Waals surface area contributed by atoms with E-state index < -0.39 is 0 Å². The van der Waals surface area contributed by atoms with E-state index in [1.54, 1.807) is 12.1 Å². The zero-order valence-corrected chi connectivity index (χ0v) is 12.7. The molecule has 0 fully saturated rings. The van der Waals surface area contributed by atoms with E-state index in [2.05, 4.69) is 34.2 Å². The molecule has 0 spiro atoms. The van der Waals surface area contributed by atoms with Crippen molar-refractivity contribution in [1.29, 1.82) is 0 Å². The highest BCUT2D eigenvalue weighted by atomic mass is 79.9. The fraction of sp³-hybridized carbons (Fsp3) is 0.231. The summed E-state index contributed by atoms with van der Waals surface area (Å²) in [7, 11) is 0. The number of rotatable bonds is 5. The van der Waals surface area contributed by atoms with Gasteiger partial charge in [-0.15, -0.1) is 0 Å². The molecule has 0 aliphatic rings. The molecule has 0 amide bonds. The summed E-state index contributed by atoms with van der Waals surface area (Å²) in [5.74, 6) is 0. The van der Waals surface area contributed by atoms with Gasteiger partial charge in [-0.1, -0.05) is 45.5 Å². The van der Waals surface area contributed by atoms with Gasteiger partial charge < -0.3 is 5.32 Å².